The van der Waals surface area contributed by atoms with Gasteiger partial charge in [0.15, 0.2) is 0 Å². The van der Waals surface area contributed by atoms with Crippen molar-refractivity contribution < 1.29 is 9.90 Å². The lowest BCUT2D eigenvalue weighted by molar-refractivity contribution is 0.0523. The van der Waals surface area contributed by atoms with E-state index in [1.165, 1.54) is 10.5 Å². The molecule has 0 saturated heterocycles. The van der Waals surface area contributed by atoms with E-state index in [0.29, 0.717) is 0 Å². The fourth-order valence-electron chi connectivity index (χ4n) is 3.28. The van der Waals surface area contributed by atoms with Gasteiger partial charge in [-0.25, -0.2) is 4.79 Å². The van der Waals surface area contributed by atoms with Crippen LogP contribution in [0, 0.1) is 18.3 Å². The molecule has 1 aromatic rings. The maximum atomic E-state index is 11.6. The molecule has 0 unspecified atom stereocenters. The first-order valence-electron chi connectivity index (χ1n) is 6.56. The zero-order chi connectivity index (χ0) is 14.0. The molecule has 1 atom stereocenters. The molecule has 0 fully saturated rings. The predicted molar refractivity (Wildman–Crippen MR) is 74.8 cm³/mol. The van der Waals surface area contributed by atoms with Crippen molar-refractivity contribution in [1.29, 1.82) is 0 Å². The molecule has 2 rings (SSSR count). The molecule has 1 aromatic carbocycles. The van der Waals surface area contributed by atoms with Crippen LogP contribution in [0.15, 0.2) is 24.3 Å². The van der Waals surface area contributed by atoms with Gasteiger partial charge in [0, 0.05) is 0 Å². The number of nitrogens with zero attached hydrogens (tertiary/aromatic N) is 1. The molecule has 0 bridgehead atoms. The van der Waals surface area contributed by atoms with Crippen LogP contribution in [-0.4, -0.2) is 22.6 Å². The standard InChI is InChI=1S/C16H19NO2/c1-4-11-17(15(18)19)16(12(2)3)10-9-13-7-5-6-8-14(13)16/h1,5-8,12H,9-11H2,2-3H3,(H,18,19)/t16-/m1/s1. The molecule has 100 valence electrons. The topological polar surface area (TPSA) is 40.5 Å². The second-order valence-electron chi connectivity index (χ2n) is 5.31. The van der Waals surface area contributed by atoms with Crippen LogP contribution in [-0.2, 0) is 12.0 Å². The summed E-state index contributed by atoms with van der Waals surface area (Å²) in [6, 6.07) is 8.09. The Bertz CT molecular complexity index is 530. The average molecular weight is 257 g/mol. The van der Waals surface area contributed by atoms with Gasteiger partial charge >= 0.3 is 6.09 Å². The largest absolute Gasteiger partial charge is 0.465 e. The van der Waals surface area contributed by atoms with Crippen molar-refractivity contribution in [3.8, 4) is 12.3 Å². The van der Waals surface area contributed by atoms with Gasteiger partial charge in [0.1, 0.15) is 0 Å². The maximum Gasteiger partial charge on any atom is 0.408 e. The first kappa shape index (κ1) is 13.5. The van der Waals surface area contributed by atoms with Crippen molar-refractivity contribution in [2.45, 2.75) is 32.2 Å². The molecule has 1 N–H and O–H groups in total. The third kappa shape index (κ3) is 1.98. The van der Waals surface area contributed by atoms with Gasteiger partial charge in [-0.3, -0.25) is 4.90 Å². The molecule has 19 heavy (non-hydrogen) atoms. The Morgan fingerprint density at radius 2 is 2.21 bits per heavy atom. The maximum absolute atomic E-state index is 11.6. The average Bonchev–Trinajstić information content (AvgIpc) is 2.76. The molecule has 0 heterocycles. The predicted octanol–water partition coefficient (Wildman–Crippen LogP) is 3.10. The number of aryl methyl sites for hydroxylation is 1. The number of fused-ring (bicyclic) bond motifs is 1. The minimum absolute atomic E-state index is 0.127. The number of carboxylic acid groups (broad SMARTS) is 1. The summed E-state index contributed by atoms with van der Waals surface area (Å²) in [6.45, 7) is 4.25. The van der Waals surface area contributed by atoms with Gasteiger partial charge < -0.3 is 5.11 Å². The highest BCUT2D eigenvalue weighted by atomic mass is 16.4. The summed E-state index contributed by atoms with van der Waals surface area (Å²) in [5.74, 6) is 2.66. The summed E-state index contributed by atoms with van der Waals surface area (Å²) in [4.78, 5) is 13.1. The summed E-state index contributed by atoms with van der Waals surface area (Å²) in [7, 11) is 0. The number of amides is 1. The molecule has 0 aliphatic heterocycles. The van der Waals surface area contributed by atoms with Crippen molar-refractivity contribution in [3.05, 3.63) is 35.4 Å². The van der Waals surface area contributed by atoms with E-state index in [1.807, 2.05) is 18.2 Å². The van der Waals surface area contributed by atoms with Crippen molar-refractivity contribution >= 4 is 6.09 Å². The number of carbonyl (C=O) groups is 1. The van der Waals surface area contributed by atoms with Crippen molar-refractivity contribution in [2.24, 2.45) is 5.92 Å². The first-order chi connectivity index (χ1) is 9.04. The van der Waals surface area contributed by atoms with Gasteiger partial charge in [-0.1, -0.05) is 44.0 Å². The lowest BCUT2D eigenvalue weighted by Crippen LogP contribution is -2.51. The van der Waals surface area contributed by atoms with E-state index in [4.69, 9.17) is 6.42 Å². The molecular weight excluding hydrogens is 238 g/mol. The van der Waals surface area contributed by atoms with Crippen LogP contribution in [0.25, 0.3) is 0 Å². The smallest absolute Gasteiger partial charge is 0.408 e. The zero-order valence-corrected chi connectivity index (χ0v) is 11.4. The van der Waals surface area contributed by atoms with E-state index >= 15 is 0 Å². The van der Waals surface area contributed by atoms with Gasteiger partial charge in [-0.2, -0.15) is 0 Å². The number of terminal acetylenes is 1. The molecule has 0 saturated carbocycles. The molecule has 0 aromatic heterocycles. The molecule has 1 aliphatic rings. The lowest BCUT2D eigenvalue weighted by Gasteiger charge is -2.43. The summed E-state index contributed by atoms with van der Waals surface area (Å²) < 4.78 is 0. The Hall–Kier alpha value is -1.95. The van der Waals surface area contributed by atoms with E-state index < -0.39 is 11.6 Å². The lowest BCUT2D eigenvalue weighted by atomic mass is 9.79. The Morgan fingerprint density at radius 1 is 1.53 bits per heavy atom. The zero-order valence-electron chi connectivity index (χ0n) is 11.4. The Kier molecular flexibility index (Phi) is 3.53. The highest BCUT2D eigenvalue weighted by molar-refractivity contribution is 5.68. The summed E-state index contributed by atoms with van der Waals surface area (Å²) in [5.41, 5.74) is 1.86. The SMILES string of the molecule is C#CCN(C(=O)O)[C@@]1(C(C)C)CCc2ccccc21. The molecule has 3 heteroatoms. The van der Waals surface area contributed by atoms with Crippen LogP contribution in [0.3, 0.4) is 0 Å². The number of hydrogen-bond donors (Lipinski definition) is 1. The van der Waals surface area contributed by atoms with Crippen molar-refractivity contribution in [3.63, 3.8) is 0 Å². The second-order valence-corrected chi connectivity index (χ2v) is 5.31. The van der Waals surface area contributed by atoms with E-state index in [0.717, 1.165) is 18.4 Å². The Balaban J connectivity index is 2.58. The van der Waals surface area contributed by atoms with Gasteiger partial charge in [0.2, 0.25) is 0 Å². The van der Waals surface area contributed by atoms with E-state index in [9.17, 15) is 9.90 Å². The Labute approximate surface area is 114 Å². The molecule has 3 nitrogen and oxygen atoms in total. The first-order valence-corrected chi connectivity index (χ1v) is 6.56. The summed E-state index contributed by atoms with van der Waals surface area (Å²) in [5, 5.41) is 9.53. The third-order valence-corrected chi connectivity index (χ3v) is 4.18. The number of hydrogen-bond acceptors (Lipinski definition) is 1. The van der Waals surface area contributed by atoms with E-state index in [-0.39, 0.29) is 12.5 Å². The number of benzene rings is 1. The molecule has 1 amide bonds. The van der Waals surface area contributed by atoms with Crippen LogP contribution in [0.1, 0.15) is 31.4 Å². The number of rotatable bonds is 3. The highest BCUT2D eigenvalue weighted by Gasteiger charge is 2.47. The van der Waals surface area contributed by atoms with Crippen molar-refractivity contribution in [1.82, 2.24) is 4.90 Å². The van der Waals surface area contributed by atoms with Gasteiger partial charge in [0.05, 0.1) is 12.1 Å². The van der Waals surface area contributed by atoms with Gasteiger partial charge in [-0.05, 0) is 29.9 Å². The monoisotopic (exact) mass is 257 g/mol. The summed E-state index contributed by atoms with van der Waals surface area (Å²) >= 11 is 0. The van der Waals surface area contributed by atoms with Crippen LogP contribution in [0.4, 0.5) is 4.79 Å². The van der Waals surface area contributed by atoms with Gasteiger partial charge in [0.25, 0.3) is 0 Å². The minimum atomic E-state index is -0.941. The van der Waals surface area contributed by atoms with Crippen LogP contribution in [0.5, 0.6) is 0 Å². The molecule has 0 spiro atoms. The summed E-state index contributed by atoms with van der Waals surface area (Å²) in [6.07, 6.45) is 6.13. The van der Waals surface area contributed by atoms with Crippen LogP contribution >= 0.6 is 0 Å². The highest BCUT2D eigenvalue weighted by Crippen LogP contribution is 2.46. The van der Waals surface area contributed by atoms with E-state index in [2.05, 4.69) is 25.8 Å². The molecular formula is C16H19NO2. The fourth-order valence-corrected chi connectivity index (χ4v) is 3.28. The normalized spacial score (nSPS) is 20.9. The molecule has 0 radical (unpaired) electrons. The fraction of sp³-hybridized carbons (Fsp3) is 0.438. The van der Waals surface area contributed by atoms with Gasteiger partial charge in [-0.15, -0.1) is 6.42 Å². The quantitative estimate of drug-likeness (QED) is 0.845. The van der Waals surface area contributed by atoms with Crippen molar-refractivity contribution in [2.75, 3.05) is 6.54 Å². The molecule has 1 aliphatic carbocycles. The minimum Gasteiger partial charge on any atom is -0.465 e. The second kappa shape index (κ2) is 4.97. The van der Waals surface area contributed by atoms with Crippen LogP contribution in [0.2, 0.25) is 0 Å². The van der Waals surface area contributed by atoms with E-state index in [1.54, 1.807) is 0 Å². The Morgan fingerprint density at radius 3 is 2.79 bits per heavy atom. The third-order valence-electron chi connectivity index (χ3n) is 4.18. The van der Waals surface area contributed by atoms with Crippen LogP contribution < -0.4 is 0 Å².